The standard InChI is InChI=1S/C32H31N3O3S3/c1-19-7-12-26(40-19)24-11-8-21-15-22(9-10-23(21)33-24)30-29(20-5-3-2-4-6-20)31-25(16-27(41-31)32(37)38)35(30)17-28(36)34-13-14-39-18-34/h7-12,15-16,20H,2-6,13-14,17-18H2,1H3,(H,37,38). The van der Waals surface area contributed by atoms with Crippen LogP contribution in [0.15, 0.2) is 48.5 Å². The Morgan fingerprint density at radius 2 is 1.88 bits per heavy atom. The molecule has 1 aliphatic carbocycles. The topological polar surface area (TPSA) is 75.4 Å². The van der Waals surface area contributed by atoms with Gasteiger partial charge >= 0.3 is 5.97 Å². The fourth-order valence-corrected chi connectivity index (χ4v) is 9.26. The number of aryl methyl sites for hydroxylation is 1. The third-order valence-corrected chi connectivity index (χ3v) is 11.5. The number of carboxylic acids is 1. The lowest BCUT2D eigenvalue weighted by Gasteiger charge is -2.24. The Bertz CT molecular complexity index is 1790. The van der Waals surface area contributed by atoms with Gasteiger partial charge in [0.15, 0.2) is 0 Å². The van der Waals surface area contributed by atoms with E-state index in [0.717, 1.165) is 68.1 Å². The molecular weight excluding hydrogens is 571 g/mol. The van der Waals surface area contributed by atoms with Gasteiger partial charge in [0, 0.05) is 22.6 Å². The summed E-state index contributed by atoms with van der Waals surface area (Å²) in [5, 5.41) is 10.9. The minimum Gasteiger partial charge on any atom is -0.477 e. The highest BCUT2D eigenvalue weighted by Gasteiger charge is 2.31. The number of amides is 1. The number of aromatic carboxylic acids is 1. The highest BCUT2D eigenvalue weighted by atomic mass is 32.2. The second kappa shape index (κ2) is 10.9. The van der Waals surface area contributed by atoms with Gasteiger partial charge in [0.05, 0.1) is 37.9 Å². The number of carboxylic acid groups (broad SMARTS) is 1. The zero-order valence-electron chi connectivity index (χ0n) is 22.9. The maximum absolute atomic E-state index is 13.5. The first-order valence-electron chi connectivity index (χ1n) is 14.2. The van der Waals surface area contributed by atoms with E-state index in [0.29, 0.717) is 16.7 Å². The van der Waals surface area contributed by atoms with Crippen molar-refractivity contribution in [2.75, 3.05) is 18.2 Å². The van der Waals surface area contributed by atoms with Crippen molar-refractivity contribution in [2.45, 2.75) is 51.5 Å². The number of carbonyl (C=O) groups is 2. The summed E-state index contributed by atoms with van der Waals surface area (Å²) in [6.07, 6.45) is 5.75. The van der Waals surface area contributed by atoms with Crippen LogP contribution in [0.25, 0.3) is 42.9 Å². The van der Waals surface area contributed by atoms with Gasteiger partial charge in [-0.25, -0.2) is 9.78 Å². The first kappa shape index (κ1) is 26.7. The molecule has 1 amide bonds. The van der Waals surface area contributed by atoms with Gasteiger partial charge in [-0.05, 0) is 73.2 Å². The Kier molecular flexibility index (Phi) is 7.13. The number of thioether (sulfide) groups is 1. The van der Waals surface area contributed by atoms with E-state index in [4.69, 9.17) is 4.98 Å². The highest BCUT2D eigenvalue weighted by molar-refractivity contribution is 7.99. The van der Waals surface area contributed by atoms with E-state index in [1.165, 1.54) is 41.0 Å². The molecule has 0 bridgehead atoms. The molecule has 0 radical (unpaired) electrons. The van der Waals surface area contributed by atoms with E-state index < -0.39 is 5.97 Å². The summed E-state index contributed by atoms with van der Waals surface area (Å²) in [6.45, 7) is 3.08. The Balaban J connectivity index is 1.40. The van der Waals surface area contributed by atoms with Crippen molar-refractivity contribution < 1.29 is 14.7 Å². The largest absolute Gasteiger partial charge is 0.477 e. The molecule has 2 fully saturated rings. The van der Waals surface area contributed by atoms with E-state index in [9.17, 15) is 14.7 Å². The third kappa shape index (κ3) is 4.98. The van der Waals surface area contributed by atoms with E-state index in [1.54, 1.807) is 29.2 Å². The van der Waals surface area contributed by atoms with Crippen molar-refractivity contribution in [1.82, 2.24) is 14.5 Å². The average Bonchev–Trinajstić information content (AvgIpc) is 3.78. The van der Waals surface area contributed by atoms with Crippen molar-refractivity contribution in [3.63, 3.8) is 0 Å². The van der Waals surface area contributed by atoms with Crippen LogP contribution in [-0.4, -0.2) is 49.6 Å². The maximum atomic E-state index is 13.5. The number of nitrogens with zero attached hydrogens (tertiary/aromatic N) is 3. The van der Waals surface area contributed by atoms with Crippen molar-refractivity contribution in [3.05, 3.63) is 63.8 Å². The number of fused-ring (bicyclic) bond motifs is 2. The van der Waals surface area contributed by atoms with Crippen molar-refractivity contribution in [3.8, 4) is 21.8 Å². The number of carbonyl (C=O) groups excluding carboxylic acids is 1. The number of aromatic nitrogens is 2. The summed E-state index contributed by atoms with van der Waals surface area (Å²) in [7, 11) is 0. The fraction of sp³-hybridized carbons (Fsp3) is 0.344. The second-order valence-electron chi connectivity index (χ2n) is 11.0. The van der Waals surface area contributed by atoms with Gasteiger partial charge in [-0.15, -0.1) is 34.4 Å². The molecule has 7 rings (SSSR count). The maximum Gasteiger partial charge on any atom is 0.345 e. The second-order valence-corrected chi connectivity index (χ2v) is 14.4. The van der Waals surface area contributed by atoms with Crippen molar-refractivity contribution in [1.29, 1.82) is 0 Å². The molecule has 6 nitrogen and oxygen atoms in total. The van der Waals surface area contributed by atoms with Gasteiger partial charge in [0.2, 0.25) is 5.91 Å². The Morgan fingerprint density at radius 1 is 1.02 bits per heavy atom. The molecule has 4 aromatic heterocycles. The van der Waals surface area contributed by atoms with Crippen LogP contribution in [0.5, 0.6) is 0 Å². The van der Waals surface area contributed by atoms with Crippen LogP contribution in [-0.2, 0) is 11.3 Å². The molecule has 1 aliphatic heterocycles. The minimum absolute atomic E-state index is 0.0877. The van der Waals surface area contributed by atoms with Gasteiger partial charge in [0.1, 0.15) is 11.4 Å². The molecule has 0 spiro atoms. The molecule has 5 heterocycles. The zero-order chi connectivity index (χ0) is 28.1. The molecule has 9 heteroatoms. The third-order valence-electron chi connectivity index (χ3n) is 8.35. The number of hydrogen-bond donors (Lipinski definition) is 1. The predicted molar refractivity (Wildman–Crippen MR) is 170 cm³/mol. The molecular formula is C32H31N3O3S3. The lowest BCUT2D eigenvalue weighted by molar-refractivity contribution is -0.130. The molecule has 41 heavy (non-hydrogen) atoms. The van der Waals surface area contributed by atoms with E-state index in [-0.39, 0.29) is 12.5 Å². The van der Waals surface area contributed by atoms with Crippen LogP contribution in [0.3, 0.4) is 0 Å². The van der Waals surface area contributed by atoms with Gasteiger partial charge < -0.3 is 14.6 Å². The van der Waals surface area contributed by atoms with E-state index in [2.05, 4.69) is 54.0 Å². The number of rotatable bonds is 6. The average molecular weight is 602 g/mol. The normalized spacial score (nSPS) is 16.3. The summed E-state index contributed by atoms with van der Waals surface area (Å²) < 4.78 is 3.14. The smallest absolute Gasteiger partial charge is 0.345 e. The number of pyridine rings is 1. The highest BCUT2D eigenvalue weighted by Crippen LogP contribution is 2.47. The number of hydrogen-bond acceptors (Lipinski definition) is 6. The molecule has 210 valence electrons. The summed E-state index contributed by atoms with van der Waals surface area (Å²) >= 11 is 4.88. The van der Waals surface area contributed by atoms with Crippen LogP contribution in [0, 0.1) is 6.92 Å². The van der Waals surface area contributed by atoms with Gasteiger partial charge in [-0.2, -0.15) is 0 Å². The molecule has 1 N–H and O–H groups in total. The van der Waals surface area contributed by atoms with Crippen molar-refractivity contribution >= 4 is 67.4 Å². The SMILES string of the molecule is Cc1ccc(-c2ccc3cc(-c4c(C5CCCCC5)c5sc(C(=O)O)cc5n4CC(=O)N4CCSC4)ccc3n2)s1. The lowest BCUT2D eigenvalue weighted by atomic mass is 9.83. The molecule has 1 saturated heterocycles. The van der Waals surface area contributed by atoms with Gasteiger partial charge in [0.25, 0.3) is 0 Å². The summed E-state index contributed by atoms with van der Waals surface area (Å²) in [5.74, 6) is 1.19. The Hall–Kier alpha value is -3.14. The van der Waals surface area contributed by atoms with Gasteiger partial charge in [-0.3, -0.25) is 4.79 Å². The van der Waals surface area contributed by atoms with Crippen LogP contribution >= 0.6 is 34.4 Å². The summed E-state index contributed by atoms with van der Waals surface area (Å²) in [4.78, 5) is 35.2. The Labute approximate surface area is 251 Å². The fourth-order valence-electron chi connectivity index (χ4n) is 6.33. The predicted octanol–water partition coefficient (Wildman–Crippen LogP) is 8.23. The van der Waals surface area contributed by atoms with Crippen LogP contribution in [0.1, 0.15) is 58.1 Å². The molecule has 0 unspecified atom stereocenters. The van der Waals surface area contributed by atoms with Crippen LogP contribution < -0.4 is 0 Å². The number of thiophene rings is 2. The minimum atomic E-state index is -0.912. The number of benzene rings is 1. The molecule has 1 saturated carbocycles. The first-order chi connectivity index (χ1) is 20.0. The lowest BCUT2D eigenvalue weighted by Crippen LogP contribution is -2.31. The van der Waals surface area contributed by atoms with Crippen LogP contribution in [0.4, 0.5) is 0 Å². The van der Waals surface area contributed by atoms with Crippen LogP contribution in [0.2, 0.25) is 0 Å². The molecule has 2 aliphatic rings. The monoisotopic (exact) mass is 601 g/mol. The van der Waals surface area contributed by atoms with E-state index in [1.807, 2.05) is 4.90 Å². The summed E-state index contributed by atoms with van der Waals surface area (Å²) in [6, 6.07) is 16.7. The van der Waals surface area contributed by atoms with E-state index >= 15 is 0 Å². The Morgan fingerprint density at radius 3 is 2.61 bits per heavy atom. The molecule has 5 aromatic rings. The first-order valence-corrected chi connectivity index (χ1v) is 17.0. The summed E-state index contributed by atoms with van der Waals surface area (Å²) in [5.41, 5.74) is 6.13. The molecule has 1 aromatic carbocycles. The quantitative estimate of drug-likeness (QED) is 0.212. The van der Waals surface area contributed by atoms with Crippen molar-refractivity contribution in [2.24, 2.45) is 0 Å². The van der Waals surface area contributed by atoms with Gasteiger partial charge in [-0.1, -0.05) is 31.4 Å². The molecule has 0 atom stereocenters. The zero-order valence-corrected chi connectivity index (χ0v) is 25.3.